The van der Waals surface area contributed by atoms with Crippen molar-refractivity contribution in [3.05, 3.63) is 75.8 Å². The van der Waals surface area contributed by atoms with Crippen molar-refractivity contribution >= 4 is 16.8 Å². The van der Waals surface area contributed by atoms with Gasteiger partial charge in [0.2, 0.25) is 5.91 Å². The lowest BCUT2D eigenvalue weighted by molar-refractivity contribution is -0.123. The zero-order valence-corrected chi connectivity index (χ0v) is 17.2. The van der Waals surface area contributed by atoms with Crippen LogP contribution in [0.15, 0.2) is 53.3 Å². The number of amides is 1. The molecule has 2 aromatic carbocycles. The smallest absolute Gasteiger partial charge is 0.258 e. The van der Waals surface area contributed by atoms with Crippen LogP contribution in [0, 0.1) is 0 Å². The van der Waals surface area contributed by atoms with E-state index in [0.29, 0.717) is 29.8 Å². The highest BCUT2D eigenvalue weighted by molar-refractivity contribution is 5.78. The number of aromatic amines is 1. The molecule has 152 valence electrons. The van der Waals surface area contributed by atoms with Crippen LogP contribution >= 0.6 is 0 Å². The zero-order chi connectivity index (χ0) is 20.8. The van der Waals surface area contributed by atoms with Crippen LogP contribution in [-0.2, 0) is 17.8 Å². The molecule has 0 aliphatic heterocycles. The SMILES string of the molecule is CCc1ccc(C(C)NC(=O)CN(CC)Cc2nc3ccccc3c(=O)[nH]2)cc1. The molecule has 0 bridgehead atoms. The molecule has 0 saturated carbocycles. The van der Waals surface area contributed by atoms with Gasteiger partial charge in [-0.2, -0.15) is 0 Å². The molecule has 6 nitrogen and oxygen atoms in total. The minimum atomic E-state index is -0.157. The first-order chi connectivity index (χ1) is 14.0. The monoisotopic (exact) mass is 392 g/mol. The number of hydrogen-bond donors (Lipinski definition) is 2. The van der Waals surface area contributed by atoms with Crippen LogP contribution in [-0.4, -0.2) is 33.9 Å². The average Bonchev–Trinajstić information content (AvgIpc) is 2.73. The number of carbonyl (C=O) groups is 1. The second-order valence-corrected chi connectivity index (χ2v) is 7.22. The van der Waals surface area contributed by atoms with E-state index in [9.17, 15) is 9.59 Å². The lowest BCUT2D eigenvalue weighted by atomic mass is 10.1. The highest BCUT2D eigenvalue weighted by Gasteiger charge is 2.15. The van der Waals surface area contributed by atoms with Gasteiger partial charge < -0.3 is 10.3 Å². The number of rotatable bonds is 8. The van der Waals surface area contributed by atoms with Gasteiger partial charge in [0, 0.05) is 0 Å². The fourth-order valence-corrected chi connectivity index (χ4v) is 3.32. The maximum Gasteiger partial charge on any atom is 0.258 e. The highest BCUT2D eigenvalue weighted by atomic mass is 16.2. The Balaban J connectivity index is 1.63. The third kappa shape index (κ3) is 5.29. The molecule has 1 amide bonds. The molecule has 0 fully saturated rings. The predicted molar refractivity (Wildman–Crippen MR) is 116 cm³/mol. The summed E-state index contributed by atoms with van der Waals surface area (Å²) >= 11 is 0. The van der Waals surface area contributed by atoms with E-state index in [1.807, 2.05) is 36.9 Å². The molecule has 1 heterocycles. The first kappa shape index (κ1) is 20.7. The first-order valence-electron chi connectivity index (χ1n) is 10.1. The van der Waals surface area contributed by atoms with Crippen LogP contribution < -0.4 is 10.9 Å². The van der Waals surface area contributed by atoms with Gasteiger partial charge in [0.05, 0.1) is 30.0 Å². The summed E-state index contributed by atoms with van der Waals surface area (Å²) in [4.78, 5) is 34.1. The third-order valence-electron chi connectivity index (χ3n) is 5.12. The summed E-state index contributed by atoms with van der Waals surface area (Å²) in [6, 6.07) is 15.5. The van der Waals surface area contributed by atoms with Crippen molar-refractivity contribution in [2.75, 3.05) is 13.1 Å². The van der Waals surface area contributed by atoms with Gasteiger partial charge >= 0.3 is 0 Å². The van der Waals surface area contributed by atoms with Crippen molar-refractivity contribution < 1.29 is 4.79 Å². The standard InChI is InChI=1S/C23H28N4O2/c1-4-17-10-12-18(13-11-17)16(3)24-22(28)15-27(5-2)14-21-25-20-9-7-6-8-19(20)23(29)26-21/h6-13,16H,4-5,14-15H2,1-3H3,(H,24,28)(H,25,26,29). The van der Waals surface area contributed by atoms with Gasteiger partial charge in [0.15, 0.2) is 0 Å². The molecule has 0 aliphatic rings. The van der Waals surface area contributed by atoms with Crippen LogP contribution in [0.2, 0.25) is 0 Å². The summed E-state index contributed by atoms with van der Waals surface area (Å²) in [5.41, 5.74) is 2.87. The van der Waals surface area contributed by atoms with E-state index in [0.717, 1.165) is 12.0 Å². The Kier molecular flexibility index (Phi) is 6.77. The fraction of sp³-hybridized carbons (Fsp3) is 0.348. The number of benzene rings is 2. The Hall–Kier alpha value is -2.99. The number of carbonyl (C=O) groups excluding carboxylic acids is 1. The van der Waals surface area contributed by atoms with Crippen molar-refractivity contribution in [2.24, 2.45) is 0 Å². The molecular formula is C23H28N4O2. The van der Waals surface area contributed by atoms with E-state index in [2.05, 4.69) is 46.5 Å². The molecule has 0 aliphatic carbocycles. The maximum atomic E-state index is 12.5. The summed E-state index contributed by atoms with van der Waals surface area (Å²) in [5.74, 6) is 0.508. The molecule has 6 heteroatoms. The number of aryl methyl sites for hydroxylation is 1. The van der Waals surface area contributed by atoms with Crippen LogP contribution in [0.4, 0.5) is 0 Å². The number of nitrogens with zero attached hydrogens (tertiary/aromatic N) is 2. The molecule has 1 aromatic heterocycles. The zero-order valence-electron chi connectivity index (χ0n) is 17.2. The Morgan fingerprint density at radius 2 is 1.86 bits per heavy atom. The van der Waals surface area contributed by atoms with E-state index >= 15 is 0 Å². The van der Waals surface area contributed by atoms with Crippen LogP contribution in [0.25, 0.3) is 10.9 Å². The Morgan fingerprint density at radius 1 is 1.14 bits per heavy atom. The molecule has 3 aromatic rings. The quantitative estimate of drug-likeness (QED) is 0.617. The lowest BCUT2D eigenvalue weighted by Crippen LogP contribution is -2.38. The third-order valence-corrected chi connectivity index (χ3v) is 5.12. The largest absolute Gasteiger partial charge is 0.348 e. The molecule has 3 rings (SSSR count). The number of aromatic nitrogens is 2. The van der Waals surface area contributed by atoms with Gasteiger partial charge in [-0.15, -0.1) is 0 Å². The Bertz CT molecular complexity index is 1030. The van der Waals surface area contributed by atoms with Crippen molar-refractivity contribution in [3.8, 4) is 0 Å². The number of nitrogens with one attached hydrogen (secondary N) is 2. The van der Waals surface area contributed by atoms with E-state index in [1.165, 1.54) is 5.56 Å². The molecule has 1 unspecified atom stereocenters. The molecule has 2 N–H and O–H groups in total. The second kappa shape index (κ2) is 9.47. The van der Waals surface area contributed by atoms with E-state index in [-0.39, 0.29) is 24.1 Å². The van der Waals surface area contributed by atoms with Crippen molar-refractivity contribution in [3.63, 3.8) is 0 Å². The van der Waals surface area contributed by atoms with Gasteiger partial charge in [-0.1, -0.05) is 50.2 Å². The number of hydrogen-bond acceptors (Lipinski definition) is 4. The average molecular weight is 393 g/mol. The van der Waals surface area contributed by atoms with E-state index < -0.39 is 0 Å². The molecule has 0 saturated heterocycles. The minimum absolute atomic E-state index is 0.0537. The van der Waals surface area contributed by atoms with Crippen LogP contribution in [0.5, 0.6) is 0 Å². The first-order valence-corrected chi connectivity index (χ1v) is 10.1. The molecule has 1 atom stereocenters. The van der Waals surface area contributed by atoms with Crippen LogP contribution in [0.3, 0.4) is 0 Å². The molecule has 29 heavy (non-hydrogen) atoms. The normalized spacial score (nSPS) is 12.3. The molecular weight excluding hydrogens is 364 g/mol. The number of likely N-dealkylation sites (N-methyl/N-ethyl adjacent to an activating group) is 1. The van der Waals surface area contributed by atoms with E-state index in [1.54, 1.807) is 6.07 Å². The molecule has 0 radical (unpaired) electrons. The summed E-state index contributed by atoms with van der Waals surface area (Å²) in [6.07, 6.45) is 0.997. The van der Waals surface area contributed by atoms with Crippen LogP contribution in [0.1, 0.15) is 43.8 Å². The van der Waals surface area contributed by atoms with E-state index in [4.69, 9.17) is 0 Å². The minimum Gasteiger partial charge on any atom is -0.348 e. The summed E-state index contributed by atoms with van der Waals surface area (Å²) in [7, 11) is 0. The second-order valence-electron chi connectivity index (χ2n) is 7.22. The maximum absolute atomic E-state index is 12.5. The lowest BCUT2D eigenvalue weighted by Gasteiger charge is -2.21. The highest BCUT2D eigenvalue weighted by Crippen LogP contribution is 2.14. The Labute approximate surface area is 171 Å². The fourth-order valence-electron chi connectivity index (χ4n) is 3.32. The van der Waals surface area contributed by atoms with Gasteiger partial charge in [0.25, 0.3) is 5.56 Å². The summed E-state index contributed by atoms with van der Waals surface area (Å²) in [5, 5.41) is 3.62. The number of fused-ring (bicyclic) bond motifs is 1. The number of para-hydroxylation sites is 1. The van der Waals surface area contributed by atoms with Crippen molar-refractivity contribution in [1.29, 1.82) is 0 Å². The summed E-state index contributed by atoms with van der Waals surface area (Å²) in [6.45, 7) is 7.41. The van der Waals surface area contributed by atoms with Gasteiger partial charge in [-0.25, -0.2) is 4.98 Å². The Morgan fingerprint density at radius 3 is 2.55 bits per heavy atom. The predicted octanol–water partition coefficient (Wildman–Crippen LogP) is 3.18. The molecule has 0 spiro atoms. The van der Waals surface area contributed by atoms with Crippen molar-refractivity contribution in [2.45, 2.75) is 39.8 Å². The van der Waals surface area contributed by atoms with Gasteiger partial charge in [-0.3, -0.25) is 14.5 Å². The topological polar surface area (TPSA) is 78.1 Å². The number of H-pyrrole nitrogens is 1. The van der Waals surface area contributed by atoms with Gasteiger partial charge in [-0.05, 0) is 43.1 Å². The summed E-state index contributed by atoms with van der Waals surface area (Å²) < 4.78 is 0. The van der Waals surface area contributed by atoms with Gasteiger partial charge in [0.1, 0.15) is 5.82 Å². The van der Waals surface area contributed by atoms with Crippen molar-refractivity contribution in [1.82, 2.24) is 20.2 Å².